The third kappa shape index (κ3) is 3.90. The number of hydrogen-bond donors (Lipinski definition) is 1. The molecule has 0 aromatic rings. The van der Waals surface area contributed by atoms with E-state index >= 15 is 0 Å². The number of hydrogen-bond acceptors (Lipinski definition) is 2. The molecular formula is C13H27ClN2. The fourth-order valence-electron chi connectivity index (χ4n) is 2.87. The molecule has 0 unspecified atom stereocenters. The Morgan fingerprint density at radius 2 is 1.81 bits per heavy atom. The van der Waals surface area contributed by atoms with Crippen molar-refractivity contribution in [2.75, 3.05) is 26.2 Å². The van der Waals surface area contributed by atoms with Crippen LogP contribution in [0.2, 0.25) is 0 Å². The third-order valence-electron chi connectivity index (χ3n) is 4.28. The highest BCUT2D eigenvalue weighted by atomic mass is 35.5. The number of nitrogens with one attached hydrogen (secondary N) is 1. The minimum absolute atomic E-state index is 0. The first-order valence-corrected chi connectivity index (χ1v) is 6.85. The highest BCUT2D eigenvalue weighted by Crippen LogP contribution is 2.26. The zero-order valence-electron chi connectivity index (χ0n) is 10.6. The predicted molar refractivity (Wildman–Crippen MR) is 72.3 cm³/mol. The molecule has 0 radical (unpaired) electrons. The van der Waals surface area contributed by atoms with Gasteiger partial charge in [-0.05, 0) is 64.2 Å². The monoisotopic (exact) mass is 246 g/mol. The van der Waals surface area contributed by atoms with Gasteiger partial charge in [0, 0.05) is 6.04 Å². The normalized spacial score (nSPS) is 22.9. The van der Waals surface area contributed by atoms with Crippen molar-refractivity contribution in [1.29, 1.82) is 0 Å². The Morgan fingerprint density at radius 1 is 1.12 bits per heavy atom. The minimum Gasteiger partial charge on any atom is -0.317 e. The van der Waals surface area contributed by atoms with Crippen LogP contribution in [0.3, 0.4) is 0 Å². The Labute approximate surface area is 107 Å². The number of rotatable bonds is 5. The van der Waals surface area contributed by atoms with Crippen molar-refractivity contribution in [2.24, 2.45) is 5.92 Å². The maximum Gasteiger partial charge on any atom is 0.00951 e. The lowest BCUT2D eigenvalue weighted by atomic mass is 9.90. The molecule has 0 spiro atoms. The highest BCUT2D eigenvalue weighted by molar-refractivity contribution is 5.85. The van der Waals surface area contributed by atoms with Gasteiger partial charge in [0.25, 0.3) is 0 Å². The summed E-state index contributed by atoms with van der Waals surface area (Å²) < 4.78 is 0. The second kappa shape index (κ2) is 7.52. The lowest BCUT2D eigenvalue weighted by Gasteiger charge is -2.38. The first-order valence-electron chi connectivity index (χ1n) is 6.85. The summed E-state index contributed by atoms with van der Waals surface area (Å²) in [4.78, 5) is 2.71. The Balaban J connectivity index is 0.00000128. The van der Waals surface area contributed by atoms with Crippen molar-refractivity contribution in [1.82, 2.24) is 10.2 Å². The average molecular weight is 247 g/mol. The lowest BCUT2D eigenvalue weighted by Crippen LogP contribution is -2.41. The minimum atomic E-state index is 0. The Bertz CT molecular complexity index is 177. The van der Waals surface area contributed by atoms with Crippen LogP contribution in [-0.2, 0) is 0 Å². The largest absolute Gasteiger partial charge is 0.317 e. The number of nitrogens with zero attached hydrogens (tertiary/aromatic N) is 1. The van der Waals surface area contributed by atoms with Gasteiger partial charge in [0.2, 0.25) is 0 Å². The molecule has 0 bridgehead atoms. The molecule has 0 aromatic carbocycles. The molecule has 1 aliphatic carbocycles. The molecule has 0 amide bonds. The van der Waals surface area contributed by atoms with Gasteiger partial charge in [-0.2, -0.15) is 0 Å². The standard InChI is InChI=1S/C13H26N2.ClH/c1-2-15(13-4-3-5-13)11-8-12-6-9-14-10-7-12;/h12-14H,2-11H2,1H3;1H. The van der Waals surface area contributed by atoms with Crippen LogP contribution in [0, 0.1) is 5.92 Å². The number of halogens is 1. The summed E-state index contributed by atoms with van der Waals surface area (Å²) >= 11 is 0. The summed E-state index contributed by atoms with van der Waals surface area (Å²) in [6.45, 7) is 7.43. The van der Waals surface area contributed by atoms with E-state index < -0.39 is 0 Å². The molecule has 1 aliphatic heterocycles. The molecule has 16 heavy (non-hydrogen) atoms. The predicted octanol–water partition coefficient (Wildman–Crippen LogP) is 2.67. The maximum atomic E-state index is 3.45. The molecule has 2 rings (SSSR count). The molecular weight excluding hydrogens is 220 g/mol. The Hall–Kier alpha value is 0.210. The van der Waals surface area contributed by atoms with Crippen LogP contribution >= 0.6 is 12.4 Å². The quantitative estimate of drug-likeness (QED) is 0.803. The summed E-state index contributed by atoms with van der Waals surface area (Å²) in [5.74, 6) is 1.00. The van der Waals surface area contributed by atoms with Crippen LogP contribution in [0.1, 0.15) is 45.4 Å². The second-order valence-corrected chi connectivity index (χ2v) is 5.20. The molecule has 3 heteroatoms. The molecule has 0 aromatic heterocycles. The Morgan fingerprint density at radius 3 is 2.31 bits per heavy atom. The van der Waals surface area contributed by atoms with E-state index in [4.69, 9.17) is 0 Å². The SMILES string of the molecule is CCN(CCC1CCNCC1)C1CCC1.Cl. The van der Waals surface area contributed by atoms with E-state index in [9.17, 15) is 0 Å². The molecule has 1 N–H and O–H groups in total. The van der Waals surface area contributed by atoms with Gasteiger partial charge < -0.3 is 10.2 Å². The smallest absolute Gasteiger partial charge is 0.00951 e. The van der Waals surface area contributed by atoms with Gasteiger partial charge in [-0.1, -0.05) is 13.3 Å². The molecule has 1 saturated heterocycles. The molecule has 96 valence electrons. The Kier molecular flexibility index (Phi) is 6.71. The van der Waals surface area contributed by atoms with Gasteiger partial charge in [0.1, 0.15) is 0 Å². The van der Waals surface area contributed by atoms with Crippen LogP contribution in [0.15, 0.2) is 0 Å². The van der Waals surface area contributed by atoms with Crippen molar-refractivity contribution in [3.63, 3.8) is 0 Å². The third-order valence-corrected chi connectivity index (χ3v) is 4.28. The fourth-order valence-corrected chi connectivity index (χ4v) is 2.87. The van der Waals surface area contributed by atoms with Crippen LogP contribution < -0.4 is 5.32 Å². The van der Waals surface area contributed by atoms with Gasteiger partial charge in [0.15, 0.2) is 0 Å². The first kappa shape index (κ1) is 14.3. The van der Waals surface area contributed by atoms with Gasteiger partial charge in [-0.25, -0.2) is 0 Å². The van der Waals surface area contributed by atoms with E-state index in [2.05, 4.69) is 17.1 Å². The summed E-state index contributed by atoms with van der Waals surface area (Å²) in [6.07, 6.45) is 8.63. The van der Waals surface area contributed by atoms with E-state index in [0.29, 0.717) is 0 Å². The van der Waals surface area contributed by atoms with E-state index in [1.54, 1.807) is 0 Å². The summed E-state index contributed by atoms with van der Waals surface area (Å²) in [6, 6.07) is 0.941. The van der Waals surface area contributed by atoms with Gasteiger partial charge >= 0.3 is 0 Å². The zero-order valence-corrected chi connectivity index (χ0v) is 11.4. The average Bonchev–Trinajstić information content (AvgIpc) is 2.23. The zero-order chi connectivity index (χ0) is 10.5. The fraction of sp³-hybridized carbons (Fsp3) is 1.00. The van der Waals surface area contributed by atoms with Crippen molar-refractivity contribution < 1.29 is 0 Å². The summed E-state index contributed by atoms with van der Waals surface area (Å²) in [5, 5.41) is 3.45. The molecule has 2 nitrogen and oxygen atoms in total. The maximum absolute atomic E-state index is 3.45. The topological polar surface area (TPSA) is 15.3 Å². The van der Waals surface area contributed by atoms with Crippen molar-refractivity contribution in [3.05, 3.63) is 0 Å². The summed E-state index contributed by atoms with van der Waals surface area (Å²) in [7, 11) is 0. The van der Waals surface area contributed by atoms with Crippen molar-refractivity contribution in [2.45, 2.75) is 51.5 Å². The van der Waals surface area contributed by atoms with Crippen molar-refractivity contribution >= 4 is 12.4 Å². The van der Waals surface area contributed by atoms with Gasteiger partial charge in [0.05, 0.1) is 0 Å². The lowest BCUT2D eigenvalue weighted by molar-refractivity contribution is 0.122. The van der Waals surface area contributed by atoms with Crippen LogP contribution in [0.4, 0.5) is 0 Å². The van der Waals surface area contributed by atoms with E-state index in [1.165, 1.54) is 64.7 Å². The van der Waals surface area contributed by atoms with Gasteiger partial charge in [-0.15, -0.1) is 12.4 Å². The van der Waals surface area contributed by atoms with Crippen LogP contribution in [0.25, 0.3) is 0 Å². The molecule has 2 fully saturated rings. The van der Waals surface area contributed by atoms with Crippen LogP contribution in [-0.4, -0.2) is 37.1 Å². The van der Waals surface area contributed by atoms with Crippen LogP contribution in [0.5, 0.6) is 0 Å². The summed E-state index contributed by atoms with van der Waals surface area (Å²) in [5.41, 5.74) is 0. The highest BCUT2D eigenvalue weighted by Gasteiger charge is 2.24. The van der Waals surface area contributed by atoms with E-state index in [1.807, 2.05) is 0 Å². The van der Waals surface area contributed by atoms with Crippen molar-refractivity contribution in [3.8, 4) is 0 Å². The first-order chi connectivity index (χ1) is 7.40. The van der Waals surface area contributed by atoms with Gasteiger partial charge in [-0.3, -0.25) is 0 Å². The molecule has 1 saturated carbocycles. The second-order valence-electron chi connectivity index (χ2n) is 5.20. The molecule has 2 aliphatic rings. The molecule has 0 atom stereocenters. The number of piperidine rings is 1. The van der Waals surface area contributed by atoms with E-state index in [0.717, 1.165) is 12.0 Å². The van der Waals surface area contributed by atoms with E-state index in [-0.39, 0.29) is 12.4 Å². The molecule has 1 heterocycles.